The Bertz CT molecular complexity index is 741. The van der Waals surface area contributed by atoms with Gasteiger partial charge in [-0.25, -0.2) is 0 Å². The summed E-state index contributed by atoms with van der Waals surface area (Å²) in [6.45, 7) is 9.05. The topological polar surface area (TPSA) is 107 Å². The second-order valence-electron chi connectivity index (χ2n) is 9.45. The molecule has 2 bridgehead atoms. The Hall–Kier alpha value is -1.05. The molecule has 6 heteroatoms. The van der Waals surface area contributed by atoms with Crippen LogP contribution in [0.1, 0.15) is 46.5 Å². The Balaban J connectivity index is 2.06. The van der Waals surface area contributed by atoms with Gasteiger partial charge in [0.1, 0.15) is 5.60 Å². The maximum atomic E-state index is 13.3. The molecule has 6 atom stereocenters. The first-order valence-electron chi connectivity index (χ1n) is 9.30. The second-order valence-corrected chi connectivity index (χ2v) is 9.45. The molecule has 0 aromatic rings. The first-order valence-corrected chi connectivity index (χ1v) is 9.30. The van der Waals surface area contributed by atoms with Crippen molar-refractivity contribution in [1.29, 1.82) is 0 Å². The molecule has 2 fully saturated rings. The highest BCUT2D eigenvalue weighted by Crippen LogP contribution is 2.70. The van der Waals surface area contributed by atoms with Gasteiger partial charge in [-0.1, -0.05) is 33.3 Å². The number of hydrogen-bond acceptors (Lipinski definition) is 6. The first kappa shape index (κ1) is 18.3. The maximum absolute atomic E-state index is 13.3. The first-order chi connectivity index (χ1) is 11.9. The number of ether oxygens (including phenoxy) is 1. The van der Waals surface area contributed by atoms with Crippen LogP contribution in [0.25, 0.3) is 0 Å². The van der Waals surface area contributed by atoms with Gasteiger partial charge in [-0.3, -0.25) is 4.79 Å². The molecule has 0 aromatic heterocycles. The van der Waals surface area contributed by atoms with Crippen LogP contribution in [0.15, 0.2) is 23.8 Å². The lowest BCUT2D eigenvalue weighted by Crippen LogP contribution is -2.75. The highest BCUT2D eigenvalue weighted by molar-refractivity contribution is 6.06. The number of carbonyl (C=O) groups excluding carboxylic acids is 1. The fourth-order valence-corrected chi connectivity index (χ4v) is 6.26. The van der Waals surface area contributed by atoms with Crippen molar-refractivity contribution in [3.05, 3.63) is 23.8 Å². The Morgan fingerprint density at radius 2 is 1.85 bits per heavy atom. The second kappa shape index (κ2) is 4.86. The van der Waals surface area contributed by atoms with Crippen LogP contribution in [0.5, 0.6) is 0 Å². The zero-order valence-electron chi connectivity index (χ0n) is 15.6. The molecule has 0 unspecified atom stereocenters. The van der Waals surface area contributed by atoms with Crippen LogP contribution in [-0.2, 0) is 9.53 Å². The van der Waals surface area contributed by atoms with E-state index in [4.69, 9.17) is 4.74 Å². The van der Waals surface area contributed by atoms with E-state index in [9.17, 15) is 25.2 Å². The summed E-state index contributed by atoms with van der Waals surface area (Å²) < 4.78 is 5.61. The largest absolute Gasteiger partial charge is 0.389 e. The van der Waals surface area contributed by atoms with Crippen molar-refractivity contribution >= 4 is 5.78 Å². The number of ketones is 1. The number of aliphatic hydroxyl groups excluding tert-OH is 2. The lowest BCUT2D eigenvalue weighted by molar-refractivity contribution is -0.292. The summed E-state index contributed by atoms with van der Waals surface area (Å²) in [4.78, 5) is 13.3. The Morgan fingerprint density at radius 3 is 2.46 bits per heavy atom. The fourth-order valence-electron chi connectivity index (χ4n) is 6.26. The molecule has 1 saturated heterocycles. The predicted molar refractivity (Wildman–Crippen MR) is 92.9 cm³/mol. The molecule has 0 amide bonds. The van der Waals surface area contributed by atoms with Gasteiger partial charge in [0.05, 0.1) is 24.2 Å². The van der Waals surface area contributed by atoms with Gasteiger partial charge >= 0.3 is 0 Å². The monoisotopic (exact) mass is 364 g/mol. The molecule has 1 aliphatic heterocycles. The molecule has 0 spiro atoms. The van der Waals surface area contributed by atoms with Gasteiger partial charge in [-0.05, 0) is 24.8 Å². The molecule has 144 valence electrons. The van der Waals surface area contributed by atoms with Crippen molar-refractivity contribution < 1.29 is 30.0 Å². The van der Waals surface area contributed by atoms with E-state index in [1.165, 1.54) is 6.08 Å². The minimum Gasteiger partial charge on any atom is -0.389 e. The van der Waals surface area contributed by atoms with E-state index in [1.807, 2.05) is 13.8 Å². The van der Waals surface area contributed by atoms with Gasteiger partial charge in [0.2, 0.25) is 5.78 Å². The third-order valence-corrected chi connectivity index (χ3v) is 7.78. The average Bonchev–Trinajstić information content (AvgIpc) is 2.75. The van der Waals surface area contributed by atoms with Crippen LogP contribution in [0.3, 0.4) is 0 Å². The average molecular weight is 364 g/mol. The molecule has 4 rings (SSSR count). The van der Waals surface area contributed by atoms with Crippen LogP contribution < -0.4 is 0 Å². The van der Waals surface area contributed by atoms with E-state index in [0.717, 1.165) is 6.42 Å². The van der Waals surface area contributed by atoms with E-state index in [2.05, 4.69) is 6.58 Å². The molecule has 6 nitrogen and oxygen atoms in total. The number of hydrogen-bond donors (Lipinski definition) is 4. The molecule has 0 aromatic carbocycles. The molecular weight excluding hydrogens is 336 g/mol. The predicted octanol–water partition coefficient (Wildman–Crippen LogP) is 0.830. The van der Waals surface area contributed by atoms with E-state index in [-0.39, 0.29) is 18.6 Å². The molecule has 26 heavy (non-hydrogen) atoms. The van der Waals surface area contributed by atoms with Crippen molar-refractivity contribution in [3.63, 3.8) is 0 Å². The van der Waals surface area contributed by atoms with Crippen LogP contribution in [0.4, 0.5) is 0 Å². The summed E-state index contributed by atoms with van der Waals surface area (Å²) in [5, 5.41) is 45.1. The molecule has 4 aliphatic rings. The summed E-state index contributed by atoms with van der Waals surface area (Å²) in [5.41, 5.74) is -4.30. The molecule has 0 radical (unpaired) electrons. The van der Waals surface area contributed by atoms with Gasteiger partial charge in [0.15, 0.2) is 0 Å². The van der Waals surface area contributed by atoms with Crippen molar-refractivity contribution in [1.82, 2.24) is 0 Å². The smallest absolute Gasteiger partial charge is 0.262 e. The molecule has 4 N–H and O–H groups in total. The summed E-state index contributed by atoms with van der Waals surface area (Å²) in [5.74, 6) is -3.26. The number of rotatable bonds is 1. The minimum absolute atomic E-state index is 0.00600. The van der Waals surface area contributed by atoms with Crippen molar-refractivity contribution in [3.8, 4) is 0 Å². The molecule has 1 heterocycles. The molecular formula is C20H28O6. The number of Topliss-reactive ketones (excluding diaryl/α,β-unsaturated/α-hetero) is 1. The van der Waals surface area contributed by atoms with E-state index >= 15 is 0 Å². The summed E-state index contributed by atoms with van der Waals surface area (Å²) in [7, 11) is 0. The number of carbonyl (C=O) groups is 1. The zero-order chi connectivity index (χ0) is 19.3. The number of aliphatic hydroxyl groups is 4. The van der Waals surface area contributed by atoms with E-state index in [1.54, 1.807) is 6.92 Å². The van der Waals surface area contributed by atoms with Crippen LogP contribution in [-0.4, -0.2) is 56.4 Å². The van der Waals surface area contributed by atoms with Crippen LogP contribution >= 0.6 is 0 Å². The third-order valence-electron chi connectivity index (χ3n) is 7.78. The fraction of sp³-hybridized carbons (Fsp3) is 0.750. The standard InChI is InChI=1S/C20H28O6/c1-5-17(4)9-11(21)13-12(14(17)22)15(23)19(24)20(25)16(2,3)7-6-8-18(13,20)10-26-19/h5,11,14,21-22,24-25H,1,6-10H2,2-4H3/t11-,14+,17-,18-,19+,20+/m0/s1. The Labute approximate surface area is 153 Å². The lowest BCUT2D eigenvalue weighted by Gasteiger charge is -2.62. The van der Waals surface area contributed by atoms with Gasteiger partial charge in [-0.2, -0.15) is 0 Å². The normalized spacial score (nSPS) is 52.5. The van der Waals surface area contributed by atoms with Gasteiger partial charge < -0.3 is 25.2 Å². The summed E-state index contributed by atoms with van der Waals surface area (Å²) in [6, 6.07) is 0. The zero-order valence-corrected chi connectivity index (χ0v) is 15.6. The van der Waals surface area contributed by atoms with Crippen molar-refractivity contribution in [2.45, 2.75) is 70.1 Å². The SMILES string of the molecule is C=C[C@@]1(C)C[C@H](O)C2=C(C(=O)[C@@]3(O)OC[C@@]24CCCC(C)(C)[C@@]43O)[C@H]1O. The summed E-state index contributed by atoms with van der Waals surface area (Å²) >= 11 is 0. The minimum atomic E-state index is -2.42. The highest BCUT2D eigenvalue weighted by Gasteiger charge is 2.82. The molecule has 1 saturated carbocycles. The van der Waals surface area contributed by atoms with Gasteiger partial charge in [-0.15, -0.1) is 6.58 Å². The molecule has 3 aliphatic carbocycles. The van der Waals surface area contributed by atoms with E-state index in [0.29, 0.717) is 18.4 Å². The van der Waals surface area contributed by atoms with Gasteiger partial charge in [0, 0.05) is 16.4 Å². The quantitative estimate of drug-likeness (QED) is 0.514. The maximum Gasteiger partial charge on any atom is 0.262 e. The van der Waals surface area contributed by atoms with Crippen LogP contribution in [0.2, 0.25) is 0 Å². The van der Waals surface area contributed by atoms with Gasteiger partial charge in [0.25, 0.3) is 5.79 Å². The summed E-state index contributed by atoms with van der Waals surface area (Å²) in [6.07, 6.45) is 1.36. The van der Waals surface area contributed by atoms with Crippen LogP contribution in [0, 0.1) is 16.2 Å². The Morgan fingerprint density at radius 1 is 1.19 bits per heavy atom. The Kier molecular flexibility index (Phi) is 3.42. The highest BCUT2D eigenvalue weighted by atomic mass is 16.7. The van der Waals surface area contributed by atoms with Crippen molar-refractivity contribution in [2.24, 2.45) is 16.2 Å². The third kappa shape index (κ3) is 1.61. The van der Waals surface area contributed by atoms with E-state index < -0.39 is 45.6 Å². The lowest BCUT2D eigenvalue weighted by atomic mass is 9.43. The van der Waals surface area contributed by atoms with Crippen molar-refractivity contribution in [2.75, 3.05) is 6.61 Å².